The maximum absolute atomic E-state index is 13.3. The van der Waals surface area contributed by atoms with Crippen molar-refractivity contribution in [3.8, 4) is 0 Å². The Labute approximate surface area is 158 Å². The molecule has 4 aromatic rings. The molecule has 0 atom stereocenters. The number of aromatic nitrogens is 1. The van der Waals surface area contributed by atoms with Crippen LogP contribution in [0.2, 0.25) is 0 Å². The van der Waals surface area contributed by atoms with E-state index in [1.807, 2.05) is 67.6 Å². The molecule has 27 heavy (non-hydrogen) atoms. The average Bonchev–Trinajstić information content (AvgIpc) is 2.73. The van der Waals surface area contributed by atoms with Gasteiger partial charge in [0.15, 0.2) is 0 Å². The molecule has 0 spiro atoms. The predicted molar refractivity (Wildman–Crippen MR) is 110 cm³/mol. The van der Waals surface area contributed by atoms with Crippen molar-refractivity contribution in [1.82, 2.24) is 4.98 Å². The smallest absolute Gasteiger partial charge is 0.259 e. The highest BCUT2D eigenvalue weighted by atomic mass is 16.2. The maximum atomic E-state index is 13.3. The minimum atomic E-state index is -0.0540. The van der Waals surface area contributed by atoms with Gasteiger partial charge in [0.05, 0.1) is 6.54 Å². The second-order valence-corrected chi connectivity index (χ2v) is 6.58. The minimum absolute atomic E-state index is 0.0540. The summed E-state index contributed by atoms with van der Waals surface area (Å²) in [5.74, 6) is 0.595. The van der Waals surface area contributed by atoms with Crippen LogP contribution in [-0.2, 0) is 6.54 Å². The van der Waals surface area contributed by atoms with Gasteiger partial charge in [0.25, 0.3) is 5.91 Å². The topological polar surface area (TPSA) is 33.2 Å². The zero-order valence-electron chi connectivity index (χ0n) is 15.2. The van der Waals surface area contributed by atoms with Crippen molar-refractivity contribution >= 4 is 22.5 Å². The normalized spacial score (nSPS) is 10.7. The molecular formula is C24H20N2O. The van der Waals surface area contributed by atoms with Gasteiger partial charge in [-0.1, -0.05) is 66.2 Å². The molecule has 0 aliphatic carbocycles. The number of aryl methyl sites for hydroxylation is 1. The van der Waals surface area contributed by atoms with Gasteiger partial charge < -0.3 is 0 Å². The molecule has 0 unspecified atom stereocenters. The fourth-order valence-corrected chi connectivity index (χ4v) is 3.22. The van der Waals surface area contributed by atoms with Crippen LogP contribution in [0.4, 0.5) is 5.82 Å². The van der Waals surface area contributed by atoms with Crippen molar-refractivity contribution in [2.24, 2.45) is 0 Å². The van der Waals surface area contributed by atoms with E-state index in [1.54, 1.807) is 11.1 Å². The molecule has 1 amide bonds. The average molecular weight is 352 g/mol. The number of amides is 1. The Balaban J connectivity index is 1.76. The molecule has 3 heteroatoms. The number of hydrogen-bond donors (Lipinski definition) is 0. The number of carbonyl (C=O) groups is 1. The Morgan fingerprint density at radius 3 is 2.37 bits per heavy atom. The molecule has 0 aliphatic rings. The van der Waals surface area contributed by atoms with Crippen molar-refractivity contribution in [1.29, 1.82) is 0 Å². The van der Waals surface area contributed by atoms with Gasteiger partial charge in [-0.3, -0.25) is 9.69 Å². The van der Waals surface area contributed by atoms with E-state index in [0.717, 1.165) is 16.5 Å². The summed E-state index contributed by atoms with van der Waals surface area (Å²) < 4.78 is 0. The Morgan fingerprint density at radius 1 is 0.852 bits per heavy atom. The molecule has 0 N–H and O–H groups in total. The zero-order valence-corrected chi connectivity index (χ0v) is 15.2. The highest BCUT2D eigenvalue weighted by molar-refractivity contribution is 6.05. The molecule has 132 valence electrons. The van der Waals surface area contributed by atoms with Gasteiger partial charge in [-0.15, -0.1) is 0 Å². The van der Waals surface area contributed by atoms with Gasteiger partial charge in [-0.05, 0) is 47.5 Å². The van der Waals surface area contributed by atoms with Crippen LogP contribution in [0.15, 0.2) is 91.1 Å². The molecule has 0 aliphatic heterocycles. The summed E-state index contributed by atoms with van der Waals surface area (Å²) in [7, 11) is 0. The first-order chi connectivity index (χ1) is 13.2. The van der Waals surface area contributed by atoms with Crippen LogP contribution < -0.4 is 4.90 Å². The molecule has 0 bridgehead atoms. The summed E-state index contributed by atoms with van der Waals surface area (Å²) >= 11 is 0. The van der Waals surface area contributed by atoms with E-state index in [-0.39, 0.29) is 5.91 Å². The summed E-state index contributed by atoms with van der Waals surface area (Å²) in [6, 6.07) is 27.7. The highest BCUT2D eigenvalue weighted by Crippen LogP contribution is 2.23. The van der Waals surface area contributed by atoms with Gasteiger partial charge in [0, 0.05) is 11.8 Å². The van der Waals surface area contributed by atoms with Crippen LogP contribution in [-0.4, -0.2) is 10.9 Å². The van der Waals surface area contributed by atoms with E-state index in [9.17, 15) is 4.79 Å². The van der Waals surface area contributed by atoms with Crippen molar-refractivity contribution in [2.75, 3.05) is 4.90 Å². The predicted octanol–water partition coefficient (Wildman–Crippen LogP) is 5.39. The van der Waals surface area contributed by atoms with Gasteiger partial charge in [-0.2, -0.15) is 0 Å². The van der Waals surface area contributed by atoms with Gasteiger partial charge in [-0.25, -0.2) is 4.98 Å². The van der Waals surface area contributed by atoms with Gasteiger partial charge >= 0.3 is 0 Å². The summed E-state index contributed by atoms with van der Waals surface area (Å²) in [5, 5.41) is 2.32. The molecule has 4 rings (SSSR count). The summed E-state index contributed by atoms with van der Waals surface area (Å²) in [4.78, 5) is 19.5. The Morgan fingerprint density at radius 2 is 1.59 bits per heavy atom. The van der Waals surface area contributed by atoms with Crippen LogP contribution >= 0.6 is 0 Å². The molecular weight excluding hydrogens is 332 g/mol. The molecule has 0 saturated heterocycles. The van der Waals surface area contributed by atoms with Crippen LogP contribution in [0.3, 0.4) is 0 Å². The molecule has 3 nitrogen and oxygen atoms in total. The van der Waals surface area contributed by atoms with E-state index in [0.29, 0.717) is 17.9 Å². The third-order valence-corrected chi connectivity index (χ3v) is 4.68. The van der Waals surface area contributed by atoms with Gasteiger partial charge in [0.1, 0.15) is 5.82 Å². The third kappa shape index (κ3) is 3.58. The number of rotatable bonds is 4. The van der Waals surface area contributed by atoms with E-state index < -0.39 is 0 Å². The summed E-state index contributed by atoms with van der Waals surface area (Å²) in [6.07, 6.45) is 1.72. The number of anilines is 1. The lowest BCUT2D eigenvalue weighted by Gasteiger charge is -2.23. The number of carbonyl (C=O) groups excluding carboxylic acids is 1. The quantitative estimate of drug-likeness (QED) is 0.493. The number of nitrogens with zero attached hydrogens (tertiary/aromatic N) is 2. The summed E-state index contributed by atoms with van der Waals surface area (Å²) in [6.45, 7) is 2.48. The zero-order chi connectivity index (χ0) is 18.6. The number of benzene rings is 3. The van der Waals surface area contributed by atoms with Crippen LogP contribution in [0.1, 0.15) is 21.5 Å². The molecule has 3 aromatic carbocycles. The first kappa shape index (κ1) is 17.0. The SMILES string of the molecule is Cc1ccc(C(=O)N(Cc2cccc3ccccc23)c2ccccn2)cc1. The standard InChI is InChI=1S/C24H20N2O/c1-18-12-14-20(15-13-18)24(27)26(23-11-4-5-16-25-23)17-21-9-6-8-19-7-2-3-10-22(19)21/h2-16H,17H2,1H3. The van der Waals surface area contributed by atoms with Crippen LogP contribution in [0, 0.1) is 6.92 Å². The van der Waals surface area contributed by atoms with E-state index >= 15 is 0 Å². The lowest BCUT2D eigenvalue weighted by Crippen LogP contribution is -2.31. The third-order valence-electron chi connectivity index (χ3n) is 4.68. The number of pyridine rings is 1. The summed E-state index contributed by atoms with van der Waals surface area (Å²) in [5.41, 5.74) is 2.88. The Hall–Kier alpha value is -3.46. The lowest BCUT2D eigenvalue weighted by atomic mass is 10.0. The van der Waals surface area contributed by atoms with E-state index in [2.05, 4.69) is 29.2 Å². The molecule has 1 heterocycles. The van der Waals surface area contributed by atoms with E-state index in [1.165, 1.54) is 5.39 Å². The van der Waals surface area contributed by atoms with Crippen molar-refractivity contribution in [3.05, 3.63) is 108 Å². The molecule has 0 radical (unpaired) electrons. The molecule has 1 aromatic heterocycles. The number of fused-ring (bicyclic) bond motifs is 1. The first-order valence-corrected chi connectivity index (χ1v) is 8.98. The lowest BCUT2D eigenvalue weighted by molar-refractivity contribution is 0.0984. The van der Waals surface area contributed by atoms with Crippen molar-refractivity contribution in [2.45, 2.75) is 13.5 Å². The Kier molecular flexibility index (Phi) is 4.67. The fraction of sp³-hybridized carbons (Fsp3) is 0.0833. The van der Waals surface area contributed by atoms with Crippen molar-refractivity contribution in [3.63, 3.8) is 0 Å². The Bertz CT molecular complexity index is 1070. The fourth-order valence-electron chi connectivity index (χ4n) is 3.22. The first-order valence-electron chi connectivity index (χ1n) is 8.98. The minimum Gasteiger partial charge on any atom is -0.288 e. The second kappa shape index (κ2) is 7.42. The van der Waals surface area contributed by atoms with Crippen molar-refractivity contribution < 1.29 is 4.79 Å². The van der Waals surface area contributed by atoms with Crippen LogP contribution in [0.25, 0.3) is 10.8 Å². The second-order valence-electron chi connectivity index (χ2n) is 6.58. The van der Waals surface area contributed by atoms with Crippen LogP contribution in [0.5, 0.6) is 0 Å². The monoisotopic (exact) mass is 352 g/mol. The van der Waals surface area contributed by atoms with E-state index in [4.69, 9.17) is 0 Å². The number of hydrogen-bond acceptors (Lipinski definition) is 2. The molecule has 0 fully saturated rings. The molecule has 0 saturated carbocycles. The largest absolute Gasteiger partial charge is 0.288 e. The highest BCUT2D eigenvalue weighted by Gasteiger charge is 2.20. The maximum Gasteiger partial charge on any atom is 0.259 e. The van der Waals surface area contributed by atoms with Gasteiger partial charge in [0.2, 0.25) is 0 Å².